The van der Waals surface area contributed by atoms with Gasteiger partial charge in [-0.2, -0.15) is 0 Å². The van der Waals surface area contributed by atoms with Crippen molar-refractivity contribution in [2.75, 3.05) is 26.7 Å². The van der Waals surface area contributed by atoms with Crippen LogP contribution in [0.25, 0.3) is 0 Å². The number of likely N-dealkylation sites (tertiary alicyclic amines) is 1. The molecule has 0 aromatic heterocycles. The second-order valence-corrected chi connectivity index (χ2v) is 6.08. The highest BCUT2D eigenvalue weighted by Gasteiger charge is 2.51. The number of esters is 1. The summed E-state index contributed by atoms with van der Waals surface area (Å²) in [6.45, 7) is 5.09. The van der Waals surface area contributed by atoms with Crippen LogP contribution in [0.3, 0.4) is 0 Å². The van der Waals surface area contributed by atoms with Gasteiger partial charge in [-0.15, -0.1) is 0 Å². The van der Waals surface area contributed by atoms with Crippen molar-refractivity contribution in [1.29, 1.82) is 0 Å². The molecule has 1 aliphatic heterocycles. The van der Waals surface area contributed by atoms with E-state index in [9.17, 15) is 19.7 Å². The molecule has 0 bridgehead atoms. The summed E-state index contributed by atoms with van der Waals surface area (Å²) in [6, 6.07) is 0. The van der Waals surface area contributed by atoms with Crippen molar-refractivity contribution in [2.45, 2.75) is 32.8 Å². The summed E-state index contributed by atoms with van der Waals surface area (Å²) in [6.07, 6.45) is -0.606. The van der Waals surface area contributed by atoms with Gasteiger partial charge in [-0.05, 0) is 20.8 Å². The third-order valence-corrected chi connectivity index (χ3v) is 2.92. The lowest BCUT2D eigenvalue weighted by Gasteiger charge is -2.46. The Hall–Kier alpha value is -1.86. The Kier molecular flexibility index (Phi) is 4.57. The molecular weight excluding hydrogens is 268 g/mol. The number of amides is 1. The highest BCUT2D eigenvalue weighted by molar-refractivity contribution is 5.73. The molecule has 1 fully saturated rings. The quantitative estimate of drug-likeness (QED) is 0.436. The Morgan fingerprint density at radius 3 is 2.30 bits per heavy atom. The number of hydrogen-bond acceptors (Lipinski definition) is 6. The van der Waals surface area contributed by atoms with E-state index in [1.807, 2.05) is 0 Å². The number of nitro groups is 1. The standard InChI is InChI=1S/C12H20N2O6/c1-11(2,3)20-10(16)13-6-12(7-13,8-14(17)18)5-9(15)19-4/h5-8H2,1-4H3. The number of carbonyl (C=O) groups is 2. The maximum atomic E-state index is 11.8. The first-order valence-corrected chi connectivity index (χ1v) is 6.23. The summed E-state index contributed by atoms with van der Waals surface area (Å²) in [5, 5.41) is 10.7. The summed E-state index contributed by atoms with van der Waals surface area (Å²) < 4.78 is 9.72. The van der Waals surface area contributed by atoms with Gasteiger partial charge in [0.1, 0.15) is 5.60 Å². The van der Waals surface area contributed by atoms with E-state index in [1.54, 1.807) is 20.8 Å². The van der Waals surface area contributed by atoms with Crippen LogP contribution in [-0.4, -0.2) is 54.2 Å². The molecule has 0 saturated carbocycles. The first-order chi connectivity index (χ1) is 9.07. The minimum atomic E-state index is -0.854. The molecule has 0 aromatic carbocycles. The fourth-order valence-corrected chi connectivity index (χ4v) is 2.14. The summed E-state index contributed by atoms with van der Waals surface area (Å²) in [4.78, 5) is 34.7. The van der Waals surface area contributed by atoms with Gasteiger partial charge in [0, 0.05) is 18.0 Å². The molecule has 20 heavy (non-hydrogen) atoms. The van der Waals surface area contributed by atoms with Crippen molar-refractivity contribution in [3.8, 4) is 0 Å². The smallest absolute Gasteiger partial charge is 0.410 e. The van der Waals surface area contributed by atoms with Crippen molar-refractivity contribution in [3.63, 3.8) is 0 Å². The van der Waals surface area contributed by atoms with Gasteiger partial charge < -0.3 is 14.4 Å². The molecule has 0 unspecified atom stereocenters. The Morgan fingerprint density at radius 1 is 1.35 bits per heavy atom. The molecule has 0 aromatic rings. The van der Waals surface area contributed by atoms with Crippen LogP contribution >= 0.6 is 0 Å². The van der Waals surface area contributed by atoms with E-state index >= 15 is 0 Å². The maximum absolute atomic E-state index is 11.8. The molecule has 1 saturated heterocycles. The van der Waals surface area contributed by atoms with E-state index < -0.39 is 28.0 Å². The molecule has 8 nitrogen and oxygen atoms in total. The van der Waals surface area contributed by atoms with E-state index in [2.05, 4.69) is 4.74 Å². The molecule has 8 heteroatoms. The molecule has 114 valence electrons. The molecule has 0 aliphatic carbocycles. The van der Waals surface area contributed by atoms with Crippen molar-refractivity contribution in [1.82, 2.24) is 4.90 Å². The van der Waals surface area contributed by atoms with Crippen molar-refractivity contribution >= 4 is 12.1 Å². The van der Waals surface area contributed by atoms with Gasteiger partial charge in [0.05, 0.1) is 18.9 Å². The van der Waals surface area contributed by atoms with Crippen molar-refractivity contribution in [3.05, 3.63) is 10.1 Å². The zero-order valence-electron chi connectivity index (χ0n) is 12.2. The second-order valence-electron chi connectivity index (χ2n) is 6.08. The Morgan fingerprint density at radius 2 is 1.90 bits per heavy atom. The predicted molar refractivity (Wildman–Crippen MR) is 68.7 cm³/mol. The summed E-state index contributed by atoms with van der Waals surface area (Å²) in [5.74, 6) is -0.518. The predicted octanol–water partition coefficient (Wildman–Crippen LogP) is 1.06. The lowest BCUT2D eigenvalue weighted by atomic mass is 9.77. The van der Waals surface area contributed by atoms with Gasteiger partial charge in [0.2, 0.25) is 6.54 Å². The van der Waals surface area contributed by atoms with Gasteiger partial charge in [-0.25, -0.2) is 4.79 Å². The molecule has 0 radical (unpaired) electrons. The van der Waals surface area contributed by atoms with E-state index in [-0.39, 0.29) is 26.1 Å². The zero-order chi connectivity index (χ0) is 15.6. The minimum absolute atomic E-state index is 0.0796. The lowest BCUT2D eigenvalue weighted by Crippen LogP contribution is -2.62. The van der Waals surface area contributed by atoms with Crippen LogP contribution in [0.5, 0.6) is 0 Å². The van der Waals surface area contributed by atoms with Gasteiger partial charge in [0.25, 0.3) is 0 Å². The third-order valence-electron chi connectivity index (χ3n) is 2.92. The normalized spacial score (nSPS) is 17.1. The third kappa shape index (κ3) is 4.36. The number of nitrogens with zero attached hydrogens (tertiary/aromatic N) is 2. The average Bonchev–Trinajstić information content (AvgIpc) is 2.21. The maximum Gasteiger partial charge on any atom is 0.410 e. The lowest BCUT2D eigenvalue weighted by molar-refractivity contribution is -0.502. The number of carbonyl (C=O) groups excluding carboxylic acids is 2. The molecule has 1 amide bonds. The van der Waals surface area contributed by atoms with Crippen molar-refractivity contribution in [2.24, 2.45) is 5.41 Å². The van der Waals surface area contributed by atoms with Crippen molar-refractivity contribution < 1.29 is 24.0 Å². The van der Waals surface area contributed by atoms with Gasteiger partial charge in [-0.3, -0.25) is 14.9 Å². The number of methoxy groups -OCH3 is 1. The highest BCUT2D eigenvalue weighted by Crippen LogP contribution is 2.35. The SMILES string of the molecule is COC(=O)CC1(C[N+](=O)[O-])CN(C(=O)OC(C)(C)C)C1. The first-order valence-electron chi connectivity index (χ1n) is 6.23. The number of hydrogen-bond donors (Lipinski definition) is 0. The van der Waals surface area contributed by atoms with Crippen LogP contribution < -0.4 is 0 Å². The summed E-state index contributed by atoms with van der Waals surface area (Å²) in [7, 11) is 1.23. The van der Waals surface area contributed by atoms with Gasteiger partial charge >= 0.3 is 12.1 Å². The minimum Gasteiger partial charge on any atom is -0.469 e. The molecule has 1 aliphatic rings. The Bertz CT molecular complexity index is 409. The number of rotatable bonds is 4. The highest BCUT2D eigenvalue weighted by atomic mass is 16.6. The van der Waals surface area contributed by atoms with Crippen LogP contribution in [0.15, 0.2) is 0 Å². The molecule has 0 spiro atoms. The summed E-state index contributed by atoms with van der Waals surface area (Å²) >= 11 is 0. The van der Waals surface area contributed by atoms with Crippen LogP contribution in [0, 0.1) is 15.5 Å². The fraction of sp³-hybridized carbons (Fsp3) is 0.833. The number of ether oxygens (including phenoxy) is 2. The monoisotopic (exact) mass is 288 g/mol. The fourth-order valence-electron chi connectivity index (χ4n) is 2.14. The van der Waals surface area contributed by atoms with Crippen LogP contribution in [0.2, 0.25) is 0 Å². The Labute approximate surface area is 117 Å². The first kappa shape index (κ1) is 16.2. The molecular formula is C12H20N2O6. The van der Waals surface area contributed by atoms with Crippen LogP contribution in [-0.2, 0) is 14.3 Å². The molecule has 0 atom stereocenters. The van der Waals surface area contributed by atoms with Gasteiger partial charge in [0.15, 0.2) is 0 Å². The molecule has 0 N–H and O–H groups in total. The van der Waals surface area contributed by atoms with Crippen LogP contribution in [0.4, 0.5) is 4.79 Å². The molecule has 1 rings (SSSR count). The second kappa shape index (κ2) is 5.64. The summed E-state index contributed by atoms with van der Waals surface area (Å²) in [5.41, 5.74) is -1.48. The average molecular weight is 288 g/mol. The van der Waals surface area contributed by atoms with E-state index in [4.69, 9.17) is 4.74 Å². The molecule has 1 heterocycles. The Balaban J connectivity index is 2.63. The van der Waals surface area contributed by atoms with E-state index in [0.717, 1.165) is 0 Å². The largest absolute Gasteiger partial charge is 0.469 e. The zero-order valence-corrected chi connectivity index (χ0v) is 12.2. The topological polar surface area (TPSA) is 99.0 Å². The van der Waals surface area contributed by atoms with E-state index in [1.165, 1.54) is 12.0 Å². The van der Waals surface area contributed by atoms with Gasteiger partial charge in [-0.1, -0.05) is 0 Å². The van der Waals surface area contributed by atoms with E-state index in [0.29, 0.717) is 0 Å². The van der Waals surface area contributed by atoms with Crippen LogP contribution in [0.1, 0.15) is 27.2 Å².